The molecule has 45 heavy (non-hydrogen) atoms. The smallest absolute Gasteiger partial charge is 0.192 e. The second-order valence-electron chi connectivity index (χ2n) is 19.1. The van der Waals surface area contributed by atoms with E-state index in [1.165, 1.54) is 76.2 Å². The Morgan fingerprint density at radius 1 is 1.04 bits per heavy atom. The van der Waals surface area contributed by atoms with Crippen LogP contribution < -0.4 is 0 Å². The van der Waals surface area contributed by atoms with E-state index in [0.29, 0.717) is 23.2 Å². The van der Waals surface area contributed by atoms with E-state index in [0.717, 1.165) is 42.9 Å². The Morgan fingerprint density at radius 2 is 1.69 bits per heavy atom. The predicted octanol–water partition coefficient (Wildman–Crippen LogP) is 11.0. The Hall–Kier alpha value is -1.08. The lowest BCUT2D eigenvalue weighted by molar-refractivity contribution is -0.101. The third-order valence-electron chi connectivity index (χ3n) is 14.9. The molecular formula is C42H66O2Si. The highest BCUT2D eigenvalue weighted by atomic mass is 28.4. The Balaban J connectivity index is 1.10. The van der Waals surface area contributed by atoms with Gasteiger partial charge in [-0.25, -0.2) is 0 Å². The summed E-state index contributed by atoms with van der Waals surface area (Å²) in [5.74, 6) is 12.1. The molecule has 3 heteroatoms. The van der Waals surface area contributed by atoms with Gasteiger partial charge >= 0.3 is 0 Å². The molecule has 7 rings (SSSR count). The number of allylic oxidation sites excluding steroid dienone is 3. The fourth-order valence-electron chi connectivity index (χ4n) is 11.6. The van der Waals surface area contributed by atoms with Gasteiger partial charge in [-0.05, 0) is 154 Å². The van der Waals surface area contributed by atoms with E-state index in [1.807, 2.05) is 0 Å². The summed E-state index contributed by atoms with van der Waals surface area (Å²) < 4.78 is 6.93. The summed E-state index contributed by atoms with van der Waals surface area (Å²) in [6, 6.07) is 0. The normalized spacial score (nSPS) is 42.9. The highest BCUT2D eigenvalue weighted by molar-refractivity contribution is 6.74. The fourth-order valence-corrected chi connectivity index (χ4v) is 12.9. The maximum Gasteiger partial charge on any atom is 0.192 e. The summed E-state index contributed by atoms with van der Waals surface area (Å²) in [4.78, 5) is 0. The Morgan fingerprint density at radius 3 is 2.31 bits per heavy atom. The summed E-state index contributed by atoms with van der Waals surface area (Å²) in [5, 5.41) is 11.6. The van der Waals surface area contributed by atoms with Crippen LogP contribution in [0.1, 0.15) is 131 Å². The molecule has 0 amide bonds. The van der Waals surface area contributed by atoms with Crippen LogP contribution in [0, 0.1) is 64.1 Å². The summed E-state index contributed by atoms with van der Waals surface area (Å²) in [6.45, 7) is 23.7. The van der Waals surface area contributed by atoms with Crippen molar-refractivity contribution in [1.82, 2.24) is 0 Å². The van der Waals surface area contributed by atoms with Gasteiger partial charge in [-0.3, -0.25) is 0 Å². The molecule has 7 aliphatic carbocycles. The molecule has 7 aliphatic rings. The van der Waals surface area contributed by atoms with Crippen LogP contribution in [0.3, 0.4) is 0 Å². The lowest BCUT2D eigenvalue weighted by Gasteiger charge is -2.57. The van der Waals surface area contributed by atoms with Gasteiger partial charge in [-0.15, -0.1) is 5.92 Å². The number of aliphatic hydroxyl groups is 1. The quantitative estimate of drug-likeness (QED) is 0.180. The van der Waals surface area contributed by atoms with E-state index in [1.54, 1.807) is 11.1 Å². The van der Waals surface area contributed by atoms with E-state index >= 15 is 0 Å². The number of rotatable bonds is 6. The van der Waals surface area contributed by atoms with Crippen LogP contribution in [0.4, 0.5) is 0 Å². The Kier molecular flexibility index (Phi) is 9.33. The van der Waals surface area contributed by atoms with Crippen LogP contribution in [0.5, 0.6) is 0 Å². The molecule has 0 aliphatic heterocycles. The van der Waals surface area contributed by atoms with Crippen LogP contribution in [0.25, 0.3) is 0 Å². The summed E-state index contributed by atoms with van der Waals surface area (Å²) >= 11 is 0. The van der Waals surface area contributed by atoms with Gasteiger partial charge in [0, 0.05) is 11.8 Å². The van der Waals surface area contributed by atoms with Crippen LogP contribution in [0.2, 0.25) is 18.1 Å². The number of fused-ring (bicyclic) bond motifs is 1. The van der Waals surface area contributed by atoms with Crippen LogP contribution in [-0.4, -0.2) is 25.6 Å². The molecule has 7 saturated carbocycles. The summed E-state index contributed by atoms with van der Waals surface area (Å²) in [7, 11) is -1.85. The van der Waals surface area contributed by atoms with E-state index in [4.69, 9.17) is 4.43 Å². The first kappa shape index (κ1) is 33.8. The van der Waals surface area contributed by atoms with Crippen LogP contribution in [-0.2, 0) is 4.43 Å². The van der Waals surface area contributed by atoms with Crippen molar-refractivity contribution in [3.05, 3.63) is 35.5 Å². The molecule has 2 unspecified atom stereocenters. The lowest BCUT2D eigenvalue weighted by Crippen LogP contribution is -2.51. The van der Waals surface area contributed by atoms with Gasteiger partial charge in [0.15, 0.2) is 8.32 Å². The summed E-state index contributed by atoms with van der Waals surface area (Å²) in [6.07, 6.45) is 22.4. The third kappa shape index (κ3) is 6.53. The first-order valence-electron chi connectivity index (χ1n) is 19.0. The van der Waals surface area contributed by atoms with Crippen molar-refractivity contribution in [3.63, 3.8) is 0 Å². The third-order valence-corrected chi connectivity index (χ3v) is 19.4. The molecule has 4 bridgehead atoms. The highest BCUT2D eigenvalue weighted by Gasteiger charge is 2.54. The van der Waals surface area contributed by atoms with Crippen molar-refractivity contribution in [3.8, 4) is 11.8 Å². The van der Waals surface area contributed by atoms with Gasteiger partial charge in [-0.1, -0.05) is 77.3 Å². The average molecular weight is 631 g/mol. The minimum Gasteiger partial charge on any atom is -0.410 e. The molecule has 0 aromatic rings. The standard InChI is InChI=1S/C42H66O2Si/c1-28(12-10-14-39(43)42-25-32-21-33(26-42)23-34(22-32)27-42)36-17-18-37-35(13-11-19-41(36,37)7)16-15-31-20-29(2)30(3)38(24-31)44-45(8,9)40(4,5)6/h15-16,28-29,32-34,36-39,43H,3,11-13,17-27H2,1-2,4-9H3/b31-15-,35-16+/t28-,29-,32?,33?,34?,36-,37?,38-,39?,41-,42?/m1/s1. The van der Waals surface area contributed by atoms with Gasteiger partial charge in [0.2, 0.25) is 0 Å². The van der Waals surface area contributed by atoms with Crippen molar-refractivity contribution in [2.24, 2.45) is 52.3 Å². The first-order valence-corrected chi connectivity index (χ1v) is 21.9. The monoisotopic (exact) mass is 630 g/mol. The van der Waals surface area contributed by atoms with Crippen molar-refractivity contribution in [2.45, 2.75) is 162 Å². The van der Waals surface area contributed by atoms with E-state index < -0.39 is 14.4 Å². The number of hydrogen-bond donors (Lipinski definition) is 1. The molecule has 0 spiro atoms. The Bertz CT molecular complexity index is 1220. The van der Waals surface area contributed by atoms with Gasteiger partial charge in [0.05, 0.1) is 6.10 Å². The van der Waals surface area contributed by atoms with Crippen molar-refractivity contribution in [1.29, 1.82) is 0 Å². The largest absolute Gasteiger partial charge is 0.410 e. The van der Waals surface area contributed by atoms with Crippen molar-refractivity contribution < 1.29 is 9.53 Å². The molecule has 1 N–H and O–H groups in total. The zero-order valence-electron chi connectivity index (χ0n) is 30.3. The molecule has 0 heterocycles. The average Bonchev–Trinajstić information content (AvgIpc) is 3.30. The lowest BCUT2D eigenvalue weighted by atomic mass is 9.48. The van der Waals surface area contributed by atoms with Gasteiger partial charge < -0.3 is 9.53 Å². The van der Waals surface area contributed by atoms with Crippen molar-refractivity contribution in [2.75, 3.05) is 0 Å². The zero-order valence-corrected chi connectivity index (χ0v) is 31.3. The highest BCUT2D eigenvalue weighted by Crippen LogP contribution is 2.62. The first-order chi connectivity index (χ1) is 21.1. The molecule has 0 aromatic carbocycles. The van der Waals surface area contributed by atoms with Crippen LogP contribution >= 0.6 is 0 Å². The maximum absolute atomic E-state index is 11.4. The zero-order chi connectivity index (χ0) is 32.4. The minimum absolute atomic E-state index is 0.118. The van der Waals surface area contributed by atoms with Crippen LogP contribution in [0.15, 0.2) is 35.5 Å². The second kappa shape index (κ2) is 12.4. The number of aliphatic hydroxyl groups excluding tert-OH is 1. The van der Waals surface area contributed by atoms with E-state index in [-0.39, 0.29) is 16.6 Å². The topological polar surface area (TPSA) is 29.5 Å². The van der Waals surface area contributed by atoms with Gasteiger partial charge in [0.1, 0.15) is 6.10 Å². The Labute approximate surface area is 278 Å². The maximum atomic E-state index is 11.4. The molecule has 250 valence electrons. The van der Waals surface area contributed by atoms with E-state index in [9.17, 15) is 5.11 Å². The minimum atomic E-state index is -1.85. The molecule has 0 aromatic heterocycles. The second-order valence-corrected chi connectivity index (χ2v) is 23.9. The number of hydrogen-bond acceptors (Lipinski definition) is 2. The summed E-state index contributed by atoms with van der Waals surface area (Å²) in [5.41, 5.74) is 5.05. The van der Waals surface area contributed by atoms with E-state index in [2.05, 4.69) is 85.2 Å². The predicted molar refractivity (Wildman–Crippen MR) is 192 cm³/mol. The van der Waals surface area contributed by atoms with Crippen molar-refractivity contribution >= 4 is 8.32 Å². The molecule has 7 atom stereocenters. The van der Waals surface area contributed by atoms with Gasteiger partial charge in [0.25, 0.3) is 0 Å². The molecular weight excluding hydrogens is 565 g/mol. The fraction of sp³-hybridized carbons (Fsp3) is 0.810. The molecule has 0 radical (unpaired) electrons. The molecule has 2 nitrogen and oxygen atoms in total. The van der Waals surface area contributed by atoms with Gasteiger partial charge in [-0.2, -0.15) is 0 Å². The molecule has 0 saturated heterocycles. The SMILES string of the molecule is C=C1[C@H](C)C/C(=C/C=C2\CCC[C@@]3(C)C2CC[C@@H]3[C@H](C)CC#CC(O)C23CC4CC(CC(C4)C2)C3)C[C@H]1O[Si](C)(C)C(C)(C)C. The molecule has 7 fully saturated rings.